The fourth-order valence-corrected chi connectivity index (χ4v) is 4.06. The van der Waals surface area contributed by atoms with E-state index in [0.29, 0.717) is 10.2 Å². The fraction of sp³-hybridized carbons (Fsp3) is 0.0909. The molecule has 0 aliphatic carbocycles. The van der Waals surface area contributed by atoms with Crippen molar-refractivity contribution in [3.05, 3.63) is 45.1 Å². The largest absolute Gasteiger partial charge is 0.399 e. The Balaban J connectivity index is 2.22. The highest BCUT2D eigenvalue weighted by Crippen LogP contribution is 2.24. The number of anilines is 1. The van der Waals surface area contributed by atoms with Crippen LogP contribution in [-0.2, 0) is 16.6 Å². The molecule has 1 aromatic heterocycles. The Morgan fingerprint density at radius 3 is 2.78 bits per heavy atom. The minimum absolute atomic E-state index is 0.151. The number of sulfonamides is 1. The highest BCUT2D eigenvalue weighted by molar-refractivity contribution is 9.10. The summed E-state index contributed by atoms with van der Waals surface area (Å²) in [4.78, 5) is 0.151. The summed E-state index contributed by atoms with van der Waals surface area (Å²) >= 11 is 4.74. The molecule has 0 unspecified atom stereocenters. The van der Waals surface area contributed by atoms with Crippen molar-refractivity contribution >= 4 is 43.0 Å². The number of halogens is 1. The van der Waals surface area contributed by atoms with E-state index in [4.69, 9.17) is 5.73 Å². The molecule has 7 heteroatoms. The first-order valence-electron chi connectivity index (χ1n) is 5.05. The van der Waals surface area contributed by atoms with Gasteiger partial charge in [-0.05, 0) is 56.5 Å². The molecule has 18 heavy (non-hydrogen) atoms. The normalized spacial score (nSPS) is 11.6. The van der Waals surface area contributed by atoms with E-state index >= 15 is 0 Å². The summed E-state index contributed by atoms with van der Waals surface area (Å²) < 4.78 is 27.2. The first-order chi connectivity index (χ1) is 8.49. The van der Waals surface area contributed by atoms with Gasteiger partial charge in [-0.2, -0.15) is 11.3 Å². The van der Waals surface area contributed by atoms with E-state index in [2.05, 4.69) is 20.7 Å². The third-order valence-electron chi connectivity index (χ3n) is 2.29. The average Bonchev–Trinajstić information content (AvgIpc) is 2.83. The molecule has 0 bridgehead atoms. The lowest BCUT2D eigenvalue weighted by Gasteiger charge is -2.08. The molecule has 0 fully saturated rings. The van der Waals surface area contributed by atoms with E-state index in [-0.39, 0.29) is 11.4 Å². The molecule has 0 atom stereocenters. The predicted molar refractivity (Wildman–Crippen MR) is 76.9 cm³/mol. The van der Waals surface area contributed by atoms with Gasteiger partial charge < -0.3 is 5.73 Å². The number of nitrogen functional groups attached to an aromatic ring is 1. The Hall–Kier alpha value is -0.890. The van der Waals surface area contributed by atoms with Crippen LogP contribution in [0.15, 0.2) is 44.4 Å². The van der Waals surface area contributed by atoms with Crippen LogP contribution >= 0.6 is 27.3 Å². The Labute approximate surface area is 118 Å². The van der Waals surface area contributed by atoms with Gasteiger partial charge in [-0.1, -0.05) is 0 Å². The molecule has 0 spiro atoms. The van der Waals surface area contributed by atoms with Crippen LogP contribution in [0.3, 0.4) is 0 Å². The molecular weight excluding hydrogens is 336 g/mol. The van der Waals surface area contributed by atoms with Crippen LogP contribution in [0.5, 0.6) is 0 Å². The third kappa shape index (κ3) is 3.11. The summed E-state index contributed by atoms with van der Waals surface area (Å²) in [5.41, 5.74) is 6.95. The van der Waals surface area contributed by atoms with E-state index < -0.39 is 10.0 Å². The number of hydrogen-bond donors (Lipinski definition) is 2. The van der Waals surface area contributed by atoms with Gasteiger partial charge >= 0.3 is 0 Å². The van der Waals surface area contributed by atoms with Crippen molar-refractivity contribution in [2.45, 2.75) is 11.4 Å². The van der Waals surface area contributed by atoms with Gasteiger partial charge in [-0.25, -0.2) is 13.1 Å². The zero-order chi connectivity index (χ0) is 13.2. The van der Waals surface area contributed by atoms with Crippen LogP contribution in [0.1, 0.15) is 5.56 Å². The highest BCUT2D eigenvalue weighted by atomic mass is 79.9. The molecular formula is C11H11BrN2O2S2. The molecule has 96 valence electrons. The van der Waals surface area contributed by atoms with Crippen LogP contribution in [0.25, 0.3) is 0 Å². The lowest BCUT2D eigenvalue weighted by Crippen LogP contribution is -2.23. The summed E-state index contributed by atoms with van der Waals surface area (Å²) in [6.45, 7) is 0.271. The Morgan fingerprint density at radius 1 is 1.33 bits per heavy atom. The summed E-state index contributed by atoms with van der Waals surface area (Å²) in [6, 6.07) is 6.57. The summed E-state index contributed by atoms with van der Waals surface area (Å²) in [6.07, 6.45) is 0. The molecule has 0 amide bonds. The molecule has 1 heterocycles. The van der Waals surface area contributed by atoms with Crippen molar-refractivity contribution in [2.24, 2.45) is 0 Å². The number of nitrogens with two attached hydrogens (primary N) is 1. The van der Waals surface area contributed by atoms with Gasteiger partial charge in [0.1, 0.15) is 0 Å². The SMILES string of the molecule is Nc1ccc(Br)c(S(=O)(=O)NCc2ccsc2)c1. The van der Waals surface area contributed by atoms with E-state index in [1.165, 1.54) is 17.4 Å². The van der Waals surface area contributed by atoms with Crippen LogP contribution in [0.4, 0.5) is 5.69 Å². The van der Waals surface area contributed by atoms with Crippen molar-refractivity contribution in [1.82, 2.24) is 4.72 Å². The molecule has 2 rings (SSSR count). The Kier molecular flexibility index (Phi) is 4.06. The summed E-state index contributed by atoms with van der Waals surface area (Å²) in [5.74, 6) is 0. The van der Waals surface area contributed by atoms with E-state index in [1.807, 2.05) is 16.8 Å². The van der Waals surface area contributed by atoms with E-state index in [1.54, 1.807) is 12.1 Å². The second-order valence-electron chi connectivity index (χ2n) is 3.65. The standard InChI is InChI=1S/C11H11BrN2O2S2/c12-10-2-1-9(13)5-11(10)18(15,16)14-6-8-3-4-17-7-8/h1-5,7,14H,6,13H2. The highest BCUT2D eigenvalue weighted by Gasteiger charge is 2.17. The second kappa shape index (κ2) is 5.40. The van der Waals surface area contributed by atoms with Crippen molar-refractivity contribution in [3.63, 3.8) is 0 Å². The maximum atomic E-state index is 12.1. The summed E-state index contributed by atoms with van der Waals surface area (Å²) in [5, 5.41) is 3.80. The van der Waals surface area contributed by atoms with Crippen molar-refractivity contribution in [1.29, 1.82) is 0 Å². The molecule has 0 radical (unpaired) electrons. The third-order valence-corrected chi connectivity index (χ3v) is 5.42. The van der Waals surface area contributed by atoms with Crippen molar-refractivity contribution < 1.29 is 8.42 Å². The topological polar surface area (TPSA) is 72.2 Å². The second-order valence-corrected chi connectivity index (χ2v) is 7.02. The van der Waals surface area contributed by atoms with E-state index in [0.717, 1.165) is 5.56 Å². The van der Waals surface area contributed by atoms with Gasteiger partial charge in [0.15, 0.2) is 0 Å². The molecule has 1 aromatic carbocycles. The van der Waals surface area contributed by atoms with Crippen LogP contribution in [0.2, 0.25) is 0 Å². The molecule has 0 aliphatic heterocycles. The number of benzene rings is 1. The molecule has 2 aromatic rings. The van der Waals surface area contributed by atoms with Gasteiger partial charge in [-0.3, -0.25) is 0 Å². The van der Waals surface area contributed by atoms with Gasteiger partial charge in [0.2, 0.25) is 10.0 Å². The average molecular weight is 347 g/mol. The lowest BCUT2D eigenvalue weighted by molar-refractivity contribution is 0.581. The number of nitrogens with one attached hydrogen (secondary N) is 1. The maximum absolute atomic E-state index is 12.1. The number of rotatable bonds is 4. The number of hydrogen-bond acceptors (Lipinski definition) is 4. The van der Waals surface area contributed by atoms with Crippen molar-refractivity contribution in [3.8, 4) is 0 Å². The van der Waals surface area contributed by atoms with Crippen LogP contribution in [0, 0.1) is 0 Å². The smallest absolute Gasteiger partial charge is 0.242 e. The van der Waals surface area contributed by atoms with Crippen LogP contribution in [-0.4, -0.2) is 8.42 Å². The minimum Gasteiger partial charge on any atom is -0.399 e. The molecule has 0 aliphatic rings. The molecule has 4 nitrogen and oxygen atoms in total. The Bertz CT molecular complexity index is 639. The minimum atomic E-state index is -3.56. The van der Waals surface area contributed by atoms with Crippen molar-refractivity contribution in [2.75, 3.05) is 5.73 Å². The molecule has 0 saturated heterocycles. The monoisotopic (exact) mass is 346 g/mol. The zero-order valence-electron chi connectivity index (χ0n) is 9.26. The Morgan fingerprint density at radius 2 is 2.11 bits per heavy atom. The molecule has 3 N–H and O–H groups in total. The van der Waals surface area contributed by atoms with Gasteiger partial charge in [0.25, 0.3) is 0 Å². The predicted octanol–water partition coefficient (Wildman–Crippen LogP) is 2.57. The van der Waals surface area contributed by atoms with Gasteiger partial charge in [-0.15, -0.1) is 0 Å². The number of thiophene rings is 1. The zero-order valence-corrected chi connectivity index (χ0v) is 12.5. The first kappa shape index (κ1) is 13.5. The molecule has 0 saturated carbocycles. The fourth-order valence-electron chi connectivity index (χ4n) is 1.38. The van der Waals surface area contributed by atoms with Gasteiger partial charge in [0, 0.05) is 16.7 Å². The van der Waals surface area contributed by atoms with E-state index in [9.17, 15) is 8.42 Å². The van der Waals surface area contributed by atoms with Crippen LogP contribution < -0.4 is 10.5 Å². The lowest BCUT2D eigenvalue weighted by atomic mass is 10.3. The quantitative estimate of drug-likeness (QED) is 0.835. The summed E-state index contributed by atoms with van der Waals surface area (Å²) in [7, 11) is -3.56. The van der Waals surface area contributed by atoms with Gasteiger partial charge in [0.05, 0.1) is 4.90 Å². The maximum Gasteiger partial charge on any atom is 0.242 e. The first-order valence-corrected chi connectivity index (χ1v) is 8.27.